The van der Waals surface area contributed by atoms with E-state index < -0.39 is 28.9 Å². The van der Waals surface area contributed by atoms with Crippen molar-refractivity contribution in [1.29, 1.82) is 0 Å². The highest BCUT2D eigenvalue weighted by Crippen LogP contribution is 2.36. The van der Waals surface area contributed by atoms with Gasteiger partial charge in [0.15, 0.2) is 0 Å². The number of carbonyl (C=O) groups is 1. The molecule has 28 heavy (non-hydrogen) atoms. The van der Waals surface area contributed by atoms with Crippen LogP contribution >= 0.6 is 11.8 Å². The molecule has 1 saturated heterocycles. The van der Waals surface area contributed by atoms with Crippen LogP contribution < -0.4 is 5.32 Å². The van der Waals surface area contributed by atoms with Crippen molar-refractivity contribution in [2.24, 2.45) is 5.92 Å². The third-order valence-electron chi connectivity index (χ3n) is 5.42. The number of piperidine rings is 1. The van der Waals surface area contributed by atoms with E-state index in [9.17, 15) is 18.0 Å². The molecule has 0 spiro atoms. The molecule has 0 aliphatic carbocycles. The number of carbonyl (C=O) groups excluding carboxylic acids is 1. The highest BCUT2D eigenvalue weighted by atomic mass is 32.2. The van der Waals surface area contributed by atoms with Crippen LogP contribution in [0.15, 0.2) is 41.3 Å². The molecule has 1 aliphatic rings. The molecule has 3 nitrogen and oxygen atoms in total. The van der Waals surface area contributed by atoms with Gasteiger partial charge < -0.3 is 10.2 Å². The maximum atomic E-state index is 13.8. The van der Waals surface area contributed by atoms with Crippen LogP contribution in [0.4, 0.5) is 18.9 Å². The third kappa shape index (κ3) is 4.52. The van der Waals surface area contributed by atoms with Crippen LogP contribution in [0.2, 0.25) is 0 Å². The largest absolute Gasteiger partial charge is 0.322 e. The summed E-state index contributed by atoms with van der Waals surface area (Å²) < 4.78 is 40.7. The molecule has 150 valence electrons. The molecule has 2 aromatic carbocycles. The number of benzene rings is 2. The first kappa shape index (κ1) is 20.7. The molecule has 0 saturated carbocycles. The monoisotopic (exact) mass is 408 g/mol. The van der Waals surface area contributed by atoms with Gasteiger partial charge in [0.25, 0.3) is 5.91 Å². The number of thioether (sulfide) groups is 1. The molecular formula is C21H23F3N2OS. The van der Waals surface area contributed by atoms with Crippen molar-refractivity contribution in [3.8, 4) is 0 Å². The molecule has 0 aromatic heterocycles. The molecule has 1 N–H and O–H groups in total. The zero-order valence-electron chi connectivity index (χ0n) is 16.0. The lowest BCUT2D eigenvalue weighted by Crippen LogP contribution is -2.45. The standard InChI is InChI=1S/C21H23F3N2OS/c1-12-13(2)26(3)8-7-19(12)28-16-6-4-5-15(11-16)25-21(27)20-17(23)9-14(22)10-18(20)24/h4-6,9-13,19H,7-8H2,1-3H3,(H,25,27). The Balaban J connectivity index is 1.73. The minimum absolute atomic E-state index is 0.437. The SMILES string of the molecule is CC1C(Sc2cccc(NC(=O)c3c(F)cc(F)cc3F)c2)CCN(C)C1C. The van der Waals surface area contributed by atoms with Gasteiger partial charge in [-0.2, -0.15) is 0 Å². The molecule has 1 amide bonds. The Kier molecular flexibility index (Phi) is 6.35. The first-order valence-electron chi connectivity index (χ1n) is 9.19. The molecule has 1 fully saturated rings. The van der Waals surface area contributed by atoms with Crippen LogP contribution in [0.3, 0.4) is 0 Å². The number of amides is 1. The van der Waals surface area contributed by atoms with Gasteiger partial charge in [-0.15, -0.1) is 11.8 Å². The molecule has 0 radical (unpaired) electrons. The van der Waals surface area contributed by atoms with E-state index in [4.69, 9.17) is 0 Å². The van der Waals surface area contributed by atoms with Gasteiger partial charge in [0.1, 0.15) is 23.0 Å². The van der Waals surface area contributed by atoms with Gasteiger partial charge in [-0.05, 0) is 51.1 Å². The Hall–Kier alpha value is -1.99. The van der Waals surface area contributed by atoms with Crippen molar-refractivity contribution >= 4 is 23.4 Å². The van der Waals surface area contributed by atoms with Crippen molar-refractivity contribution < 1.29 is 18.0 Å². The minimum atomic E-state index is -1.23. The van der Waals surface area contributed by atoms with E-state index in [0.29, 0.717) is 35.0 Å². The fourth-order valence-corrected chi connectivity index (χ4v) is 4.82. The molecule has 7 heteroatoms. The summed E-state index contributed by atoms with van der Waals surface area (Å²) in [5.41, 5.74) is -0.357. The Morgan fingerprint density at radius 2 is 1.82 bits per heavy atom. The fraction of sp³-hybridized carbons (Fsp3) is 0.381. The lowest BCUT2D eigenvalue weighted by Gasteiger charge is -2.40. The van der Waals surface area contributed by atoms with E-state index in [-0.39, 0.29) is 0 Å². The normalized spacial score (nSPS) is 22.9. The maximum absolute atomic E-state index is 13.8. The minimum Gasteiger partial charge on any atom is -0.322 e. The number of likely N-dealkylation sites (tertiary alicyclic amines) is 1. The zero-order valence-corrected chi connectivity index (χ0v) is 16.8. The van der Waals surface area contributed by atoms with Crippen LogP contribution in [0.1, 0.15) is 30.6 Å². The van der Waals surface area contributed by atoms with Gasteiger partial charge in [0, 0.05) is 34.0 Å². The Morgan fingerprint density at radius 1 is 1.14 bits per heavy atom. The Morgan fingerprint density at radius 3 is 2.50 bits per heavy atom. The second kappa shape index (κ2) is 8.57. The number of nitrogens with one attached hydrogen (secondary N) is 1. The number of anilines is 1. The van der Waals surface area contributed by atoms with E-state index >= 15 is 0 Å². The summed E-state index contributed by atoms with van der Waals surface area (Å²) in [5, 5.41) is 2.95. The summed E-state index contributed by atoms with van der Waals surface area (Å²) in [4.78, 5) is 15.6. The van der Waals surface area contributed by atoms with Gasteiger partial charge >= 0.3 is 0 Å². The van der Waals surface area contributed by atoms with Crippen LogP contribution in [0.25, 0.3) is 0 Å². The Bertz CT molecular complexity index is 853. The predicted octanol–water partition coefficient (Wildman–Crippen LogP) is 5.18. The molecular weight excluding hydrogens is 385 g/mol. The van der Waals surface area contributed by atoms with Gasteiger partial charge in [0.05, 0.1) is 0 Å². The first-order valence-corrected chi connectivity index (χ1v) is 10.1. The molecule has 1 heterocycles. The van der Waals surface area contributed by atoms with E-state index in [1.807, 2.05) is 6.07 Å². The smallest absolute Gasteiger partial charge is 0.261 e. The number of rotatable bonds is 4. The second-order valence-electron chi connectivity index (χ2n) is 7.25. The molecule has 2 aromatic rings. The van der Waals surface area contributed by atoms with Gasteiger partial charge in [-0.1, -0.05) is 13.0 Å². The maximum Gasteiger partial charge on any atom is 0.261 e. The highest BCUT2D eigenvalue weighted by Gasteiger charge is 2.31. The van der Waals surface area contributed by atoms with Crippen molar-refractivity contribution in [2.75, 3.05) is 18.9 Å². The third-order valence-corrected chi connectivity index (χ3v) is 6.92. The van der Waals surface area contributed by atoms with Crippen LogP contribution in [0.5, 0.6) is 0 Å². The topological polar surface area (TPSA) is 32.3 Å². The van der Waals surface area contributed by atoms with Crippen molar-refractivity contribution in [3.05, 3.63) is 59.4 Å². The van der Waals surface area contributed by atoms with Crippen LogP contribution in [-0.4, -0.2) is 35.7 Å². The zero-order chi connectivity index (χ0) is 20.4. The molecule has 3 atom stereocenters. The summed E-state index contributed by atoms with van der Waals surface area (Å²) in [6.45, 7) is 5.49. The van der Waals surface area contributed by atoms with Crippen molar-refractivity contribution in [3.63, 3.8) is 0 Å². The van der Waals surface area contributed by atoms with E-state index in [2.05, 4.69) is 31.1 Å². The molecule has 1 aliphatic heterocycles. The quantitative estimate of drug-likeness (QED) is 0.757. The number of nitrogens with zero attached hydrogens (tertiary/aromatic N) is 1. The highest BCUT2D eigenvalue weighted by molar-refractivity contribution is 8.00. The van der Waals surface area contributed by atoms with Crippen LogP contribution in [0, 0.1) is 23.4 Å². The van der Waals surface area contributed by atoms with E-state index in [1.165, 1.54) is 0 Å². The van der Waals surface area contributed by atoms with Gasteiger partial charge in [-0.3, -0.25) is 4.79 Å². The summed E-state index contributed by atoms with van der Waals surface area (Å²) in [6.07, 6.45) is 1.06. The van der Waals surface area contributed by atoms with E-state index in [0.717, 1.165) is 17.9 Å². The predicted molar refractivity (Wildman–Crippen MR) is 106 cm³/mol. The number of hydrogen-bond acceptors (Lipinski definition) is 3. The van der Waals surface area contributed by atoms with Gasteiger partial charge in [0.2, 0.25) is 0 Å². The summed E-state index contributed by atoms with van der Waals surface area (Å²) in [6, 6.07) is 8.66. The first-order chi connectivity index (χ1) is 13.3. The average molecular weight is 408 g/mol. The summed E-state index contributed by atoms with van der Waals surface area (Å²) >= 11 is 1.75. The Labute approximate surface area is 167 Å². The lowest BCUT2D eigenvalue weighted by molar-refractivity contribution is 0.101. The van der Waals surface area contributed by atoms with Crippen molar-refractivity contribution in [2.45, 2.75) is 36.5 Å². The number of halogens is 3. The van der Waals surface area contributed by atoms with E-state index in [1.54, 1.807) is 30.0 Å². The fourth-order valence-electron chi connectivity index (χ4n) is 3.45. The summed E-state index contributed by atoms with van der Waals surface area (Å²) in [5.74, 6) is -3.96. The molecule has 0 bridgehead atoms. The lowest BCUT2D eigenvalue weighted by atomic mass is 9.92. The summed E-state index contributed by atoms with van der Waals surface area (Å²) in [7, 11) is 2.13. The molecule has 3 rings (SSSR count). The van der Waals surface area contributed by atoms with Gasteiger partial charge in [-0.25, -0.2) is 13.2 Å². The average Bonchev–Trinajstić information content (AvgIpc) is 2.61. The van der Waals surface area contributed by atoms with Crippen LogP contribution in [-0.2, 0) is 0 Å². The molecule has 3 unspecified atom stereocenters. The second-order valence-corrected chi connectivity index (χ2v) is 8.56. The number of hydrogen-bond donors (Lipinski definition) is 1. The van der Waals surface area contributed by atoms with Crippen molar-refractivity contribution in [1.82, 2.24) is 4.90 Å².